The molecule has 0 atom stereocenters. The Bertz CT molecular complexity index is 1350. The number of fused-ring (bicyclic) bond motifs is 2. The third-order valence-corrected chi connectivity index (χ3v) is 5.98. The predicted octanol–water partition coefficient (Wildman–Crippen LogP) is 4.67. The Hall–Kier alpha value is -4.47. The lowest BCUT2D eigenvalue weighted by Crippen LogP contribution is -2.15. The molecule has 10 heteroatoms. The largest absolute Gasteiger partial charge is 0.493 e. The lowest BCUT2D eigenvalue weighted by molar-refractivity contribution is -0.757. The van der Waals surface area contributed by atoms with Crippen molar-refractivity contribution in [2.75, 3.05) is 19.0 Å². The van der Waals surface area contributed by atoms with E-state index < -0.39 is 11.1 Å². The predicted molar refractivity (Wildman–Crippen MR) is 137 cm³/mol. The number of aryl methyl sites for hydroxylation is 1. The van der Waals surface area contributed by atoms with Crippen molar-refractivity contribution >= 4 is 34.5 Å². The molecular formula is C27H27N3O7. The number of aromatic nitrogens is 1. The van der Waals surface area contributed by atoms with E-state index in [1.54, 1.807) is 24.3 Å². The zero-order valence-corrected chi connectivity index (χ0v) is 20.4. The van der Waals surface area contributed by atoms with Gasteiger partial charge in [0.25, 0.3) is 5.09 Å². The Balaban J connectivity index is 1.44. The average molecular weight is 506 g/mol. The Morgan fingerprint density at radius 1 is 1.14 bits per heavy atom. The van der Waals surface area contributed by atoms with E-state index in [-0.39, 0.29) is 31.1 Å². The zero-order valence-electron chi connectivity index (χ0n) is 20.4. The number of carbonyl (C=O) groups excluding carboxylic acids is 2. The van der Waals surface area contributed by atoms with Crippen LogP contribution in [-0.2, 0) is 27.3 Å². The molecule has 1 aliphatic carbocycles. The van der Waals surface area contributed by atoms with Crippen molar-refractivity contribution in [1.82, 2.24) is 4.98 Å². The molecule has 1 heterocycles. The number of hydrogen-bond donors (Lipinski definition) is 1. The summed E-state index contributed by atoms with van der Waals surface area (Å²) in [4.78, 5) is 44.0. The van der Waals surface area contributed by atoms with Crippen LogP contribution in [0, 0.1) is 10.1 Å². The van der Waals surface area contributed by atoms with Gasteiger partial charge in [0.2, 0.25) is 5.91 Å². The van der Waals surface area contributed by atoms with Crippen LogP contribution in [0.25, 0.3) is 17.0 Å². The zero-order chi connectivity index (χ0) is 26.2. The number of rotatable bonds is 10. The Labute approximate surface area is 213 Å². The first-order valence-corrected chi connectivity index (χ1v) is 12.0. The van der Waals surface area contributed by atoms with Gasteiger partial charge in [-0.15, -0.1) is 10.1 Å². The summed E-state index contributed by atoms with van der Waals surface area (Å²) < 4.78 is 10.6. The maximum absolute atomic E-state index is 12.9. The minimum absolute atomic E-state index is 0.0494. The van der Waals surface area contributed by atoms with Gasteiger partial charge in [-0.1, -0.05) is 24.3 Å². The van der Waals surface area contributed by atoms with Crippen LogP contribution in [0.15, 0.2) is 48.5 Å². The molecule has 0 spiro atoms. The van der Waals surface area contributed by atoms with Crippen LogP contribution in [0.2, 0.25) is 0 Å². The number of esters is 1. The summed E-state index contributed by atoms with van der Waals surface area (Å²) in [5, 5.41) is 13.2. The molecule has 1 amide bonds. The van der Waals surface area contributed by atoms with Gasteiger partial charge in [0, 0.05) is 23.6 Å². The van der Waals surface area contributed by atoms with Crippen LogP contribution < -0.4 is 14.8 Å². The summed E-state index contributed by atoms with van der Waals surface area (Å²) in [6.07, 6.45) is 7.13. The van der Waals surface area contributed by atoms with Gasteiger partial charge in [0.05, 0.1) is 24.9 Å². The standard InChI is InChI=1S/C27H27N3O7/c1-35-24-17-18(12-14-23(24)37-26(32)11-6-16-36-30(33)34)13-15-25(31)29-27-19-7-2-4-9-21(19)28-22-10-5-3-8-20(22)27/h2,4,7,9,12-15,17H,3,5-6,8,10-11,16H2,1H3,(H,28,29,31). The minimum Gasteiger partial charge on any atom is -0.493 e. The number of ether oxygens (including phenoxy) is 2. The maximum atomic E-state index is 12.9. The maximum Gasteiger partial charge on any atom is 0.311 e. The number of nitrogens with one attached hydrogen (secondary N) is 1. The van der Waals surface area contributed by atoms with Gasteiger partial charge in [0.1, 0.15) is 0 Å². The van der Waals surface area contributed by atoms with Crippen molar-refractivity contribution in [2.24, 2.45) is 0 Å². The van der Waals surface area contributed by atoms with Crippen molar-refractivity contribution in [3.8, 4) is 11.5 Å². The topological polar surface area (TPSA) is 130 Å². The van der Waals surface area contributed by atoms with E-state index in [4.69, 9.17) is 14.5 Å². The molecule has 4 rings (SSSR count). The van der Waals surface area contributed by atoms with Crippen LogP contribution in [0.3, 0.4) is 0 Å². The summed E-state index contributed by atoms with van der Waals surface area (Å²) in [5.41, 5.74) is 4.50. The van der Waals surface area contributed by atoms with E-state index in [9.17, 15) is 19.7 Å². The average Bonchev–Trinajstić information content (AvgIpc) is 2.90. The summed E-state index contributed by atoms with van der Waals surface area (Å²) in [7, 11) is 1.44. The first kappa shape index (κ1) is 25.6. The van der Waals surface area contributed by atoms with Crippen LogP contribution in [0.5, 0.6) is 11.5 Å². The molecule has 0 unspecified atom stereocenters. The molecule has 0 bridgehead atoms. The van der Waals surface area contributed by atoms with Crippen LogP contribution in [0.4, 0.5) is 5.69 Å². The molecule has 1 N–H and O–H groups in total. The van der Waals surface area contributed by atoms with Crippen molar-refractivity contribution in [3.63, 3.8) is 0 Å². The van der Waals surface area contributed by atoms with Gasteiger partial charge in [-0.05, 0) is 67.5 Å². The number of methoxy groups -OCH3 is 1. The van der Waals surface area contributed by atoms with E-state index in [2.05, 4.69) is 10.2 Å². The summed E-state index contributed by atoms with van der Waals surface area (Å²) in [6, 6.07) is 12.7. The second-order valence-electron chi connectivity index (χ2n) is 8.50. The quantitative estimate of drug-likeness (QED) is 0.105. The second-order valence-corrected chi connectivity index (χ2v) is 8.50. The number of para-hydroxylation sites is 1. The van der Waals surface area contributed by atoms with Crippen molar-refractivity contribution < 1.29 is 29.0 Å². The SMILES string of the molecule is COc1cc(C=CC(=O)Nc2c3c(nc4ccccc24)CCCC3)ccc1OC(=O)CCCO[N+](=O)[O-]. The van der Waals surface area contributed by atoms with E-state index in [1.165, 1.54) is 13.2 Å². The van der Waals surface area contributed by atoms with E-state index >= 15 is 0 Å². The second kappa shape index (κ2) is 12.0. The summed E-state index contributed by atoms with van der Waals surface area (Å²) in [6.45, 7) is -0.191. The molecule has 0 aliphatic heterocycles. The molecule has 37 heavy (non-hydrogen) atoms. The Kier molecular flexibility index (Phi) is 8.29. The summed E-state index contributed by atoms with van der Waals surface area (Å²) >= 11 is 0. The van der Waals surface area contributed by atoms with Crippen molar-refractivity contribution in [2.45, 2.75) is 38.5 Å². The Morgan fingerprint density at radius 2 is 1.95 bits per heavy atom. The number of hydrogen-bond acceptors (Lipinski definition) is 8. The first-order chi connectivity index (χ1) is 17.9. The number of nitrogens with zero attached hydrogens (tertiary/aromatic N) is 2. The van der Waals surface area contributed by atoms with Crippen LogP contribution in [-0.4, -0.2) is 35.7 Å². The highest BCUT2D eigenvalue weighted by Crippen LogP contribution is 2.33. The van der Waals surface area contributed by atoms with Crippen LogP contribution >= 0.6 is 0 Å². The molecule has 2 aromatic carbocycles. The van der Waals surface area contributed by atoms with Crippen LogP contribution in [0.1, 0.15) is 42.5 Å². The van der Waals surface area contributed by atoms with Crippen molar-refractivity contribution in [3.05, 3.63) is 75.5 Å². The summed E-state index contributed by atoms with van der Waals surface area (Å²) in [5.74, 6) is -0.317. The normalized spacial score (nSPS) is 12.7. The van der Waals surface area contributed by atoms with Gasteiger partial charge in [-0.2, -0.15) is 0 Å². The number of carbonyl (C=O) groups is 2. The molecule has 10 nitrogen and oxygen atoms in total. The molecule has 192 valence electrons. The fraction of sp³-hybridized carbons (Fsp3) is 0.296. The molecule has 0 radical (unpaired) electrons. The van der Waals surface area contributed by atoms with Gasteiger partial charge >= 0.3 is 5.97 Å². The monoisotopic (exact) mass is 505 g/mol. The molecule has 3 aromatic rings. The third kappa shape index (κ3) is 6.60. The molecular weight excluding hydrogens is 478 g/mol. The van der Waals surface area contributed by atoms with E-state index in [0.717, 1.165) is 53.5 Å². The van der Waals surface area contributed by atoms with Gasteiger partial charge < -0.3 is 19.6 Å². The van der Waals surface area contributed by atoms with Crippen molar-refractivity contribution in [1.29, 1.82) is 0 Å². The highest BCUT2D eigenvalue weighted by atomic mass is 16.9. The fourth-order valence-electron chi connectivity index (χ4n) is 4.25. The minimum atomic E-state index is -0.909. The Morgan fingerprint density at radius 3 is 2.76 bits per heavy atom. The highest BCUT2D eigenvalue weighted by Gasteiger charge is 2.19. The molecule has 0 saturated carbocycles. The smallest absolute Gasteiger partial charge is 0.311 e. The number of pyridine rings is 1. The number of anilines is 1. The van der Waals surface area contributed by atoms with Gasteiger partial charge in [0.15, 0.2) is 11.5 Å². The lowest BCUT2D eigenvalue weighted by atomic mass is 9.92. The highest BCUT2D eigenvalue weighted by molar-refractivity contribution is 6.08. The van der Waals surface area contributed by atoms with Gasteiger partial charge in [-0.25, -0.2) is 0 Å². The lowest BCUT2D eigenvalue weighted by Gasteiger charge is -2.20. The van der Waals surface area contributed by atoms with Gasteiger partial charge in [-0.3, -0.25) is 14.6 Å². The molecule has 0 saturated heterocycles. The molecule has 0 fully saturated rings. The van der Waals surface area contributed by atoms with E-state index in [1.807, 2.05) is 24.3 Å². The number of amides is 1. The first-order valence-electron chi connectivity index (χ1n) is 12.0. The molecule has 1 aliphatic rings. The number of benzene rings is 2. The van der Waals surface area contributed by atoms with E-state index in [0.29, 0.717) is 11.3 Å². The molecule has 1 aromatic heterocycles. The fourth-order valence-corrected chi connectivity index (χ4v) is 4.25. The third-order valence-electron chi connectivity index (χ3n) is 5.98.